The van der Waals surface area contributed by atoms with E-state index in [-0.39, 0.29) is 17.5 Å². The van der Waals surface area contributed by atoms with Crippen LogP contribution in [0.25, 0.3) is 0 Å². The zero-order valence-corrected chi connectivity index (χ0v) is 10.2. The number of carbonyl (C=O) groups is 2. The lowest BCUT2D eigenvalue weighted by Gasteiger charge is -2.18. The highest BCUT2D eigenvalue weighted by molar-refractivity contribution is 6.00. The fourth-order valence-corrected chi connectivity index (χ4v) is 2.33. The van der Waals surface area contributed by atoms with E-state index in [4.69, 9.17) is 0 Å². The topological polar surface area (TPSA) is 52.0 Å². The Balaban J connectivity index is 2.05. The first-order valence-electron chi connectivity index (χ1n) is 6.29. The fourth-order valence-electron chi connectivity index (χ4n) is 2.33. The third kappa shape index (κ3) is 2.81. The number of rotatable bonds is 4. The number of hydrogen-bond donors (Lipinski definition) is 0. The van der Waals surface area contributed by atoms with Crippen LogP contribution in [0, 0.1) is 5.92 Å². The Morgan fingerprint density at radius 2 is 2.41 bits per heavy atom. The average Bonchev–Trinajstić information content (AvgIpc) is 2.77. The van der Waals surface area contributed by atoms with Gasteiger partial charge in [0.1, 0.15) is 5.78 Å². The molecule has 0 aromatic carbocycles. The molecule has 0 amide bonds. The number of Topliss-reactive ketones (excluding diaryl/α,β-unsaturated/α-hetero) is 2. The lowest BCUT2D eigenvalue weighted by Crippen LogP contribution is -2.22. The predicted octanol–water partition coefficient (Wildman–Crippen LogP) is 2.24. The van der Waals surface area contributed by atoms with Gasteiger partial charge in [-0.05, 0) is 19.3 Å². The van der Waals surface area contributed by atoms with E-state index in [1.807, 2.05) is 0 Å². The van der Waals surface area contributed by atoms with Gasteiger partial charge in [0.05, 0.1) is 11.8 Å². The molecule has 1 atom stereocenters. The maximum atomic E-state index is 12.2. The molecule has 2 rings (SSSR count). The van der Waals surface area contributed by atoms with Crippen molar-refractivity contribution in [2.45, 2.75) is 45.6 Å². The summed E-state index contributed by atoms with van der Waals surface area (Å²) >= 11 is 0. The standard InChI is InChI=1S/C13H18N2O2/c1-2-6-15-9-11(8-14-15)13(17)10-4-3-5-12(16)7-10/h8-10H,2-7H2,1H3. The van der Waals surface area contributed by atoms with E-state index in [1.54, 1.807) is 17.1 Å². The van der Waals surface area contributed by atoms with Gasteiger partial charge in [-0.2, -0.15) is 5.10 Å². The highest BCUT2D eigenvalue weighted by Gasteiger charge is 2.27. The van der Waals surface area contributed by atoms with Gasteiger partial charge < -0.3 is 0 Å². The first-order chi connectivity index (χ1) is 8.20. The Labute approximate surface area is 101 Å². The molecule has 0 aliphatic heterocycles. The summed E-state index contributed by atoms with van der Waals surface area (Å²) in [5.41, 5.74) is 0.651. The van der Waals surface area contributed by atoms with Crippen molar-refractivity contribution in [1.82, 2.24) is 9.78 Å². The number of nitrogens with zero attached hydrogens (tertiary/aromatic N) is 2. The minimum Gasteiger partial charge on any atom is -0.300 e. The smallest absolute Gasteiger partial charge is 0.169 e. The predicted molar refractivity (Wildman–Crippen MR) is 63.8 cm³/mol. The minimum atomic E-state index is -0.115. The molecule has 0 saturated heterocycles. The third-order valence-corrected chi connectivity index (χ3v) is 3.22. The van der Waals surface area contributed by atoms with Crippen LogP contribution in [-0.2, 0) is 11.3 Å². The first kappa shape index (κ1) is 12.0. The van der Waals surface area contributed by atoms with Crippen molar-refractivity contribution in [1.29, 1.82) is 0 Å². The maximum absolute atomic E-state index is 12.2. The molecule has 1 fully saturated rings. The van der Waals surface area contributed by atoms with Gasteiger partial charge >= 0.3 is 0 Å². The highest BCUT2D eigenvalue weighted by Crippen LogP contribution is 2.24. The number of carbonyl (C=O) groups excluding carboxylic acids is 2. The zero-order chi connectivity index (χ0) is 12.3. The van der Waals surface area contributed by atoms with Crippen molar-refractivity contribution in [2.75, 3.05) is 0 Å². The number of hydrogen-bond acceptors (Lipinski definition) is 3. The SMILES string of the molecule is CCCn1cc(C(=O)C2CCCC(=O)C2)cn1. The molecule has 1 aromatic heterocycles. The van der Waals surface area contributed by atoms with Crippen molar-refractivity contribution in [3.8, 4) is 0 Å². The second kappa shape index (κ2) is 5.25. The molecule has 1 aliphatic carbocycles. The van der Waals surface area contributed by atoms with Crippen LogP contribution in [0.5, 0.6) is 0 Å². The highest BCUT2D eigenvalue weighted by atomic mass is 16.1. The number of aryl methyl sites for hydroxylation is 1. The summed E-state index contributed by atoms with van der Waals surface area (Å²) in [6, 6.07) is 0. The number of ketones is 2. The second-order valence-corrected chi connectivity index (χ2v) is 4.69. The van der Waals surface area contributed by atoms with E-state index in [0.29, 0.717) is 18.4 Å². The van der Waals surface area contributed by atoms with E-state index in [2.05, 4.69) is 12.0 Å². The average molecular weight is 234 g/mol. The molecule has 0 N–H and O–H groups in total. The van der Waals surface area contributed by atoms with Gasteiger partial charge in [-0.3, -0.25) is 14.3 Å². The van der Waals surface area contributed by atoms with Crippen LogP contribution in [0.4, 0.5) is 0 Å². The molecule has 0 radical (unpaired) electrons. The lowest BCUT2D eigenvalue weighted by atomic mass is 9.84. The molecule has 1 saturated carbocycles. The monoisotopic (exact) mass is 234 g/mol. The van der Waals surface area contributed by atoms with Crippen LogP contribution < -0.4 is 0 Å². The van der Waals surface area contributed by atoms with Gasteiger partial charge in [0.2, 0.25) is 0 Å². The van der Waals surface area contributed by atoms with Gasteiger partial charge in [-0.25, -0.2) is 0 Å². The zero-order valence-electron chi connectivity index (χ0n) is 10.2. The van der Waals surface area contributed by atoms with Crippen LogP contribution in [0.2, 0.25) is 0 Å². The molecule has 92 valence electrons. The summed E-state index contributed by atoms with van der Waals surface area (Å²) in [7, 11) is 0. The van der Waals surface area contributed by atoms with Gasteiger partial charge in [0.15, 0.2) is 5.78 Å². The molecule has 0 spiro atoms. The molecule has 1 unspecified atom stereocenters. The first-order valence-corrected chi connectivity index (χ1v) is 6.29. The van der Waals surface area contributed by atoms with E-state index < -0.39 is 0 Å². The van der Waals surface area contributed by atoms with E-state index >= 15 is 0 Å². The van der Waals surface area contributed by atoms with Crippen LogP contribution in [-0.4, -0.2) is 21.3 Å². The lowest BCUT2D eigenvalue weighted by molar-refractivity contribution is -0.121. The molecule has 1 aliphatic rings. The van der Waals surface area contributed by atoms with Gasteiger partial charge in [-0.15, -0.1) is 0 Å². The summed E-state index contributed by atoms with van der Waals surface area (Å²) in [6.45, 7) is 2.90. The van der Waals surface area contributed by atoms with Crippen molar-refractivity contribution < 1.29 is 9.59 Å². The summed E-state index contributed by atoms with van der Waals surface area (Å²) < 4.78 is 1.79. The molecule has 17 heavy (non-hydrogen) atoms. The second-order valence-electron chi connectivity index (χ2n) is 4.69. The summed E-state index contributed by atoms with van der Waals surface area (Å²) in [6.07, 6.45) is 7.15. The minimum absolute atomic E-state index is 0.0837. The molecule has 4 heteroatoms. The Hall–Kier alpha value is -1.45. The normalized spacial score (nSPS) is 20.5. The number of aromatic nitrogens is 2. The summed E-state index contributed by atoms with van der Waals surface area (Å²) in [5, 5.41) is 4.15. The molecular weight excluding hydrogens is 216 g/mol. The third-order valence-electron chi connectivity index (χ3n) is 3.22. The Bertz CT molecular complexity index is 423. The summed E-state index contributed by atoms with van der Waals surface area (Å²) in [4.78, 5) is 23.5. The van der Waals surface area contributed by atoms with E-state index in [0.717, 1.165) is 25.8 Å². The van der Waals surface area contributed by atoms with E-state index in [1.165, 1.54) is 0 Å². The molecule has 1 aromatic rings. The summed E-state index contributed by atoms with van der Waals surface area (Å²) in [5.74, 6) is 0.187. The Morgan fingerprint density at radius 3 is 3.12 bits per heavy atom. The van der Waals surface area contributed by atoms with Crippen LogP contribution in [0.1, 0.15) is 49.4 Å². The van der Waals surface area contributed by atoms with Gasteiger partial charge in [-0.1, -0.05) is 6.92 Å². The fraction of sp³-hybridized carbons (Fsp3) is 0.615. The van der Waals surface area contributed by atoms with Gasteiger partial charge in [0, 0.05) is 31.5 Å². The van der Waals surface area contributed by atoms with E-state index in [9.17, 15) is 9.59 Å². The maximum Gasteiger partial charge on any atom is 0.169 e. The molecule has 1 heterocycles. The molecule has 0 bridgehead atoms. The Kier molecular flexibility index (Phi) is 3.71. The molecular formula is C13H18N2O2. The Morgan fingerprint density at radius 1 is 1.59 bits per heavy atom. The molecule has 4 nitrogen and oxygen atoms in total. The van der Waals surface area contributed by atoms with Crippen molar-refractivity contribution in [3.63, 3.8) is 0 Å². The van der Waals surface area contributed by atoms with Gasteiger partial charge in [0.25, 0.3) is 0 Å². The van der Waals surface area contributed by atoms with Crippen molar-refractivity contribution in [2.24, 2.45) is 5.92 Å². The van der Waals surface area contributed by atoms with Crippen molar-refractivity contribution in [3.05, 3.63) is 18.0 Å². The largest absolute Gasteiger partial charge is 0.300 e. The van der Waals surface area contributed by atoms with Crippen molar-refractivity contribution >= 4 is 11.6 Å². The van der Waals surface area contributed by atoms with Crippen LogP contribution in [0.3, 0.4) is 0 Å². The van der Waals surface area contributed by atoms with Crippen LogP contribution >= 0.6 is 0 Å². The van der Waals surface area contributed by atoms with Crippen LogP contribution in [0.15, 0.2) is 12.4 Å². The quantitative estimate of drug-likeness (QED) is 0.751.